The largest absolute Gasteiger partial charge is 0.357 e. The standard InChI is InChI=1S/C22H31N5/c1-18-7-9-19(10-8-18)16-25-22(23-2)26-17-20-11-12-24-21(15-20)27-13-5-3-4-6-14-27/h7-12,15H,3-6,13-14,16-17H2,1-2H3,(H2,23,25,26). The molecule has 2 aromatic rings. The van der Waals surface area contributed by atoms with Crippen molar-refractivity contribution in [2.45, 2.75) is 45.7 Å². The van der Waals surface area contributed by atoms with Gasteiger partial charge in [-0.15, -0.1) is 0 Å². The molecule has 0 unspecified atom stereocenters. The van der Waals surface area contributed by atoms with Crippen LogP contribution in [-0.4, -0.2) is 31.1 Å². The first-order chi connectivity index (χ1) is 13.2. The minimum atomic E-state index is 0.733. The fourth-order valence-corrected chi connectivity index (χ4v) is 3.34. The highest BCUT2D eigenvalue weighted by Gasteiger charge is 2.11. The zero-order valence-electron chi connectivity index (χ0n) is 16.5. The van der Waals surface area contributed by atoms with Gasteiger partial charge in [-0.25, -0.2) is 4.98 Å². The molecule has 2 heterocycles. The minimum Gasteiger partial charge on any atom is -0.357 e. The monoisotopic (exact) mass is 365 g/mol. The fourth-order valence-electron chi connectivity index (χ4n) is 3.34. The van der Waals surface area contributed by atoms with Crippen LogP contribution in [0, 0.1) is 6.92 Å². The number of rotatable bonds is 5. The van der Waals surface area contributed by atoms with Gasteiger partial charge in [-0.05, 0) is 43.0 Å². The van der Waals surface area contributed by atoms with E-state index in [1.54, 1.807) is 7.05 Å². The smallest absolute Gasteiger partial charge is 0.191 e. The Hall–Kier alpha value is -2.56. The van der Waals surface area contributed by atoms with Crippen LogP contribution in [-0.2, 0) is 13.1 Å². The van der Waals surface area contributed by atoms with Crippen molar-refractivity contribution in [1.82, 2.24) is 15.6 Å². The average Bonchev–Trinajstić information content (AvgIpc) is 2.99. The molecular formula is C22H31N5. The van der Waals surface area contributed by atoms with Crippen LogP contribution < -0.4 is 15.5 Å². The summed E-state index contributed by atoms with van der Waals surface area (Å²) in [5, 5.41) is 6.78. The Morgan fingerprint density at radius 3 is 2.30 bits per heavy atom. The number of nitrogens with zero attached hydrogens (tertiary/aromatic N) is 3. The molecule has 0 saturated carbocycles. The lowest BCUT2D eigenvalue weighted by atomic mass is 10.1. The number of hydrogen-bond donors (Lipinski definition) is 2. The van der Waals surface area contributed by atoms with Crippen molar-refractivity contribution in [1.29, 1.82) is 0 Å². The molecule has 0 spiro atoms. The van der Waals surface area contributed by atoms with E-state index in [1.165, 1.54) is 42.4 Å². The van der Waals surface area contributed by atoms with E-state index in [4.69, 9.17) is 0 Å². The van der Waals surface area contributed by atoms with Crippen LogP contribution in [0.3, 0.4) is 0 Å². The summed E-state index contributed by atoms with van der Waals surface area (Å²) in [7, 11) is 1.81. The normalized spacial score (nSPS) is 15.3. The summed E-state index contributed by atoms with van der Waals surface area (Å²) in [5.41, 5.74) is 3.75. The number of pyridine rings is 1. The van der Waals surface area contributed by atoms with Crippen LogP contribution in [0.1, 0.15) is 42.4 Å². The van der Waals surface area contributed by atoms with Crippen LogP contribution in [0.15, 0.2) is 47.6 Å². The highest BCUT2D eigenvalue weighted by Crippen LogP contribution is 2.18. The molecule has 1 aromatic carbocycles. The van der Waals surface area contributed by atoms with Gasteiger partial charge in [-0.2, -0.15) is 0 Å². The summed E-state index contributed by atoms with van der Waals surface area (Å²) in [5.74, 6) is 1.91. The van der Waals surface area contributed by atoms with Crippen LogP contribution in [0.4, 0.5) is 5.82 Å². The van der Waals surface area contributed by atoms with Crippen molar-refractivity contribution in [2.24, 2.45) is 4.99 Å². The molecule has 144 valence electrons. The second-order valence-electron chi connectivity index (χ2n) is 7.19. The van der Waals surface area contributed by atoms with E-state index in [-0.39, 0.29) is 0 Å². The molecule has 1 aliphatic heterocycles. The van der Waals surface area contributed by atoms with Gasteiger partial charge in [0.25, 0.3) is 0 Å². The summed E-state index contributed by atoms with van der Waals surface area (Å²) in [6.45, 7) is 5.83. The summed E-state index contributed by atoms with van der Waals surface area (Å²) in [4.78, 5) is 11.3. The first-order valence-corrected chi connectivity index (χ1v) is 9.94. The summed E-state index contributed by atoms with van der Waals surface area (Å²) < 4.78 is 0. The highest BCUT2D eigenvalue weighted by atomic mass is 15.2. The minimum absolute atomic E-state index is 0.733. The molecule has 0 aliphatic carbocycles. The van der Waals surface area contributed by atoms with Crippen LogP contribution in [0.5, 0.6) is 0 Å². The zero-order chi connectivity index (χ0) is 18.9. The predicted molar refractivity (Wildman–Crippen MR) is 113 cm³/mol. The maximum atomic E-state index is 4.59. The number of guanidine groups is 1. The lowest BCUT2D eigenvalue weighted by Crippen LogP contribution is -2.36. The van der Waals surface area contributed by atoms with Crippen LogP contribution >= 0.6 is 0 Å². The quantitative estimate of drug-likeness (QED) is 0.627. The molecule has 0 atom stereocenters. The van der Waals surface area contributed by atoms with E-state index < -0.39 is 0 Å². The van der Waals surface area contributed by atoms with Crippen molar-refractivity contribution in [3.05, 3.63) is 59.3 Å². The van der Waals surface area contributed by atoms with E-state index in [2.05, 4.69) is 68.8 Å². The third-order valence-corrected chi connectivity index (χ3v) is 5.00. The van der Waals surface area contributed by atoms with Crippen molar-refractivity contribution in [2.75, 3.05) is 25.0 Å². The average molecular weight is 366 g/mol. The van der Waals surface area contributed by atoms with Gasteiger partial charge in [0, 0.05) is 39.4 Å². The molecule has 1 aliphatic rings. The number of anilines is 1. The Morgan fingerprint density at radius 1 is 0.963 bits per heavy atom. The molecule has 27 heavy (non-hydrogen) atoms. The predicted octanol–water partition coefficient (Wildman–Crippen LogP) is 3.64. The van der Waals surface area contributed by atoms with Gasteiger partial charge in [0.1, 0.15) is 5.82 Å². The Bertz CT molecular complexity index is 731. The second-order valence-corrected chi connectivity index (χ2v) is 7.19. The van der Waals surface area contributed by atoms with Crippen LogP contribution in [0.2, 0.25) is 0 Å². The Labute approximate surface area is 162 Å². The Balaban J connectivity index is 1.53. The number of nitrogens with one attached hydrogen (secondary N) is 2. The molecule has 0 bridgehead atoms. The first kappa shape index (κ1) is 19.2. The van der Waals surface area contributed by atoms with Gasteiger partial charge in [0.15, 0.2) is 5.96 Å². The zero-order valence-corrected chi connectivity index (χ0v) is 16.5. The first-order valence-electron chi connectivity index (χ1n) is 9.94. The summed E-state index contributed by atoms with van der Waals surface area (Å²) >= 11 is 0. The fraction of sp³-hybridized carbons (Fsp3) is 0.455. The van der Waals surface area contributed by atoms with Crippen molar-refractivity contribution in [3.63, 3.8) is 0 Å². The molecule has 2 N–H and O–H groups in total. The third kappa shape index (κ3) is 5.98. The van der Waals surface area contributed by atoms with Gasteiger partial charge in [0.2, 0.25) is 0 Å². The lowest BCUT2D eigenvalue weighted by Gasteiger charge is -2.22. The van der Waals surface area contributed by atoms with E-state index in [9.17, 15) is 0 Å². The number of benzene rings is 1. The van der Waals surface area contributed by atoms with Gasteiger partial charge in [-0.1, -0.05) is 42.7 Å². The summed E-state index contributed by atoms with van der Waals surface area (Å²) in [6.07, 6.45) is 7.11. The molecule has 0 amide bonds. The topological polar surface area (TPSA) is 52.6 Å². The molecule has 1 aromatic heterocycles. The molecule has 5 nitrogen and oxygen atoms in total. The molecule has 1 saturated heterocycles. The molecule has 5 heteroatoms. The van der Waals surface area contributed by atoms with Gasteiger partial charge in [0.05, 0.1) is 0 Å². The Kier molecular flexibility index (Phi) is 7.08. The lowest BCUT2D eigenvalue weighted by molar-refractivity contribution is 0.726. The maximum absolute atomic E-state index is 4.59. The Morgan fingerprint density at radius 2 is 1.63 bits per heavy atom. The highest BCUT2D eigenvalue weighted by molar-refractivity contribution is 5.79. The molecular weight excluding hydrogens is 334 g/mol. The molecule has 3 rings (SSSR count). The van der Waals surface area contributed by atoms with Crippen molar-refractivity contribution >= 4 is 11.8 Å². The van der Waals surface area contributed by atoms with Gasteiger partial charge in [-0.3, -0.25) is 4.99 Å². The van der Waals surface area contributed by atoms with Crippen LogP contribution in [0.25, 0.3) is 0 Å². The second kappa shape index (κ2) is 9.95. The number of aryl methyl sites for hydroxylation is 1. The molecule has 1 fully saturated rings. The van der Waals surface area contributed by atoms with E-state index in [1.807, 2.05) is 6.20 Å². The number of aromatic nitrogens is 1. The van der Waals surface area contributed by atoms with E-state index in [0.717, 1.165) is 38.0 Å². The number of hydrogen-bond acceptors (Lipinski definition) is 3. The third-order valence-electron chi connectivity index (χ3n) is 5.00. The van der Waals surface area contributed by atoms with Gasteiger partial charge < -0.3 is 15.5 Å². The van der Waals surface area contributed by atoms with Crippen molar-refractivity contribution < 1.29 is 0 Å². The maximum Gasteiger partial charge on any atom is 0.191 e. The SMILES string of the molecule is CN=C(NCc1ccc(C)cc1)NCc1ccnc(N2CCCCCC2)c1. The summed E-state index contributed by atoms with van der Waals surface area (Å²) in [6, 6.07) is 12.8. The van der Waals surface area contributed by atoms with E-state index >= 15 is 0 Å². The molecule has 0 radical (unpaired) electrons. The van der Waals surface area contributed by atoms with Crippen molar-refractivity contribution in [3.8, 4) is 0 Å². The van der Waals surface area contributed by atoms with E-state index in [0.29, 0.717) is 0 Å². The number of aliphatic imine (C=N–C) groups is 1. The van der Waals surface area contributed by atoms with Gasteiger partial charge >= 0.3 is 0 Å².